The van der Waals surface area contributed by atoms with Gasteiger partial charge in [-0.1, -0.05) is 17.7 Å². The number of nitrogens with zero attached hydrogens (tertiary/aromatic N) is 1. The first kappa shape index (κ1) is 14.2. The molecule has 0 radical (unpaired) electrons. The highest BCUT2D eigenvalue weighted by atomic mass is 35.5. The predicted molar refractivity (Wildman–Crippen MR) is 71.4 cm³/mol. The van der Waals surface area contributed by atoms with Crippen LogP contribution in [0.15, 0.2) is 30.3 Å². The maximum Gasteiger partial charge on any atom is 0.256 e. The van der Waals surface area contributed by atoms with Crippen LogP contribution in [-0.2, 0) is 0 Å². The van der Waals surface area contributed by atoms with E-state index in [1.165, 1.54) is 18.2 Å². The van der Waals surface area contributed by atoms with E-state index in [9.17, 15) is 13.6 Å². The lowest BCUT2D eigenvalue weighted by atomic mass is 10.2. The van der Waals surface area contributed by atoms with E-state index in [-0.39, 0.29) is 16.5 Å². The van der Waals surface area contributed by atoms with Gasteiger partial charge in [-0.05, 0) is 24.3 Å². The minimum atomic E-state index is -0.879. The highest BCUT2D eigenvalue weighted by molar-refractivity contribution is 6.30. The molecule has 0 atom stereocenters. The second-order valence-corrected chi connectivity index (χ2v) is 4.15. The molecule has 8 heteroatoms. The van der Waals surface area contributed by atoms with E-state index in [0.717, 1.165) is 12.1 Å². The Labute approximate surface area is 117 Å². The summed E-state index contributed by atoms with van der Waals surface area (Å²) in [5, 5.41) is 2.14. The number of anilines is 2. The molecule has 0 saturated carbocycles. The number of nitrogen functional groups attached to an aromatic ring is 1. The Morgan fingerprint density at radius 1 is 1.25 bits per heavy atom. The molecule has 0 aliphatic rings. The number of para-hydroxylation sites is 1. The zero-order valence-electron chi connectivity index (χ0n) is 9.95. The molecule has 1 aromatic heterocycles. The second-order valence-electron chi connectivity index (χ2n) is 3.76. The first-order valence-corrected chi connectivity index (χ1v) is 5.78. The van der Waals surface area contributed by atoms with E-state index < -0.39 is 23.2 Å². The van der Waals surface area contributed by atoms with Crippen LogP contribution in [0, 0.1) is 11.6 Å². The monoisotopic (exact) mass is 298 g/mol. The molecule has 104 valence electrons. The maximum absolute atomic E-state index is 13.4. The number of pyridine rings is 1. The van der Waals surface area contributed by atoms with Gasteiger partial charge < -0.3 is 10.7 Å². The summed E-state index contributed by atoms with van der Waals surface area (Å²) in [5.74, 6) is 2.82. The highest BCUT2D eigenvalue weighted by Crippen LogP contribution is 2.20. The molecule has 2 aromatic rings. The fraction of sp³-hybridized carbons (Fsp3) is 0. The smallest absolute Gasteiger partial charge is 0.256 e. The number of aromatic nitrogens is 1. The van der Waals surface area contributed by atoms with Crippen molar-refractivity contribution in [1.82, 2.24) is 4.98 Å². The number of hydrogen-bond acceptors (Lipinski definition) is 4. The molecule has 4 N–H and O–H groups in total. The summed E-state index contributed by atoms with van der Waals surface area (Å²) in [6.07, 6.45) is 0. The number of amides is 1. The Morgan fingerprint density at radius 2 is 1.90 bits per heavy atom. The van der Waals surface area contributed by atoms with E-state index in [2.05, 4.69) is 15.7 Å². The maximum atomic E-state index is 13.4. The molecule has 0 unspecified atom stereocenters. The van der Waals surface area contributed by atoms with Gasteiger partial charge in [0.2, 0.25) is 0 Å². The lowest BCUT2D eigenvalue weighted by molar-refractivity contribution is 0.102. The van der Waals surface area contributed by atoms with E-state index >= 15 is 0 Å². The van der Waals surface area contributed by atoms with Crippen molar-refractivity contribution in [2.45, 2.75) is 0 Å². The van der Waals surface area contributed by atoms with Gasteiger partial charge in [0.15, 0.2) is 0 Å². The van der Waals surface area contributed by atoms with Crippen LogP contribution in [-0.4, -0.2) is 10.9 Å². The number of hydrazine groups is 1. The number of nitrogens with two attached hydrogens (primary N) is 1. The summed E-state index contributed by atoms with van der Waals surface area (Å²) >= 11 is 5.70. The molecular weight excluding hydrogens is 290 g/mol. The highest BCUT2D eigenvalue weighted by Gasteiger charge is 2.14. The SMILES string of the molecule is NNc1cc(C(=O)Nc2c(F)cccc2F)cc(Cl)n1. The van der Waals surface area contributed by atoms with E-state index in [4.69, 9.17) is 17.4 Å². The first-order chi connectivity index (χ1) is 9.51. The topological polar surface area (TPSA) is 80.0 Å². The van der Waals surface area contributed by atoms with Crippen LogP contribution in [0.1, 0.15) is 10.4 Å². The number of halogens is 3. The van der Waals surface area contributed by atoms with Crippen LogP contribution < -0.4 is 16.6 Å². The second kappa shape index (κ2) is 5.81. The Bertz CT molecular complexity index is 646. The van der Waals surface area contributed by atoms with Gasteiger partial charge in [-0.2, -0.15) is 0 Å². The number of rotatable bonds is 3. The summed E-state index contributed by atoms with van der Waals surface area (Å²) < 4.78 is 26.9. The van der Waals surface area contributed by atoms with E-state index in [0.29, 0.717) is 0 Å². The molecule has 0 fully saturated rings. The summed E-state index contributed by atoms with van der Waals surface area (Å²) in [7, 11) is 0. The Hall–Kier alpha value is -2.25. The largest absolute Gasteiger partial charge is 0.317 e. The third kappa shape index (κ3) is 3.01. The van der Waals surface area contributed by atoms with Crippen molar-refractivity contribution < 1.29 is 13.6 Å². The number of nitrogens with one attached hydrogen (secondary N) is 2. The molecule has 2 rings (SSSR count). The molecule has 0 aliphatic heterocycles. The normalized spacial score (nSPS) is 10.2. The van der Waals surface area contributed by atoms with Crippen LogP contribution in [0.5, 0.6) is 0 Å². The number of carbonyl (C=O) groups excluding carboxylic acids is 1. The molecule has 0 aliphatic carbocycles. The number of benzene rings is 1. The zero-order valence-corrected chi connectivity index (χ0v) is 10.7. The van der Waals surface area contributed by atoms with Crippen molar-refractivity contribution >= 4 is 29.0 Å². The average Bonchev–Trinajstić information content (AvgIpc) is 2.42. The average molecular weight is 299 g/mol. The van der Waals surface area contributed by atoms with E-state index in [1.807, 2.05) is 0 Å². The van der Waals surface area contributed by atoms with Crippen molar-refractivity contribution in [3.63, 3.8) is 0 Å². The van der Waals surface area contributed by atoms with Crippen molar-refractivity contribution in [2.24, 2.45) is 5.84 Å². The zero-order chi connectivity index (χ0) is 14.7. The molecule has 1 aromatic carbocycles. The fourth-order valence-electron chi connectivity index (χ4n) is 1.50. The van der Waals surface area contributed by atoms with Gasteiger partial charge in [0.25, 0.3) is 5.91 Å². The molecule has 1 heterocycles. The van der Waals surface area contributed by atoms with Crippen LogP contribution in [0.2, 0.25) is 5.15 Å². The van der Waals surface area contributed by atoms with Crippen LogP contribution in [0.3, 0.4) is 0 Å². The lowest BCUT2D eigenvalue weighted by Gasteiger charge is -2.08. The molecule has 0 saturated heterocycles. The number of hydrogen-bond donors (Lipinski definition) is 3. The van der Waals surface area contributed by atoms with Gasteiger partial charge in [-0.25, -0.2) is 19.6 Å². The number of carbonyl (C=O) groups is 1. The van der Waals surface area contributed by atoms with Crippen LogP contribution >= 0.6 is 11.6 Å². The first-order valence-electron chi connectivity index (χ1n) is 5.41. The molecule has 5 nitrogen and oxygen atoms in total. The minimum Gasteiger partial charge on any atom is -0.317 e. The van der Waals surface area contributed by atoms with Crippen molar-refractivity contribution in [1.29, 1.82) is 0 Å². The third-order valence-electron chi connectivity index (χ3n) is 2.41. The fourth-order valence-corrected chi connectivity index (χ4v) is 1.71. The molecular formula is C12H9ClF2N4O. The molecule has 0 bridgehead atoms. The van der Waals surface area contributed by atoms with Gasteiger partial charge in [-0.15, -0.1) is 0 Å². The summed E-state index contributed by atoms with van der Waals surface area (Å²) in [4.78, 5) is 15.7. The van der Waals surface area contributed by atoms with Gasteiger partial charge in [0.1, 0.15) is 28.3 Å². The Morgan fingerprint density at radius 3 is 2.50 bits per heavy atom. The van der Waals surface area contributed by atoms with Gasteiger partial charge >= 0.3 is 0 Å². The van der Waals surface area contributed by atoms with Crippen molar-refractivity contribution in [2.75, 3.05) is 10.7 Å². The standard InChI is InChI=1S/C12H9ClF2N4O/c13-9-4-6(5-10(17-9)19-16)12(20)18-11-7(14)2-1-3-8(11)15/h1-5H,16H2,(H,17,19)(H,18,20). The molecule has 0 spiro atoms. The summed E-state index contributed by atoms with van der Waals surface area (Å²) in [6, 6.07) is 5.80. The van der Waals surface area contributed by atoms with Crippen LogP contribution in [0.25, 0.3) is 0 Å². The third-order valence-corrected chi connectivity index (χ3v) is 2.60. The lowest BCUT2D eigenvalue weighted by Crippen LogP contribution is -2.16. The van der Waals surface area contributed by atoms with Gasteiger partial charge in [0, 0.05) is 5.56 Å². The van der Waals surface area contributed by atoms with Gasteiger partial charge in [0.05, 0.1) is 0 Å². The Kier molecular flexibility index (Phi) is 4.11. The minimum absolute atomic E-state index is 0.0135. The predicted octanol–water partition coefficient (Wildman–Crippen LogP) is 2.55. The van der Waals surface area contributed by atoms with Gasteiger partial charge in [-0.3, -0.25) is 4.79 Å². The quantitative estimate of drug-likeness (QED) is 0.462. The van der Waals surface area contributed by atoms with Crippen molar-refractivity contribution in [3.05, 3.63) is 52.7 Å². The molecule has 20 heavy (non-hydrogen) atoms. The van der Waals surface area contributed by atoms with E-state index in [1.54, 1.807) is 0 Å². The summed E-state index contributed by atoms with van der Waals surface area (Å²) in [5.41, 5.74) is 1.75. The summed E-state index contributed by atoms with van der Waals surface area (Å²) in [6.45, 7) is 0. The van der Waals surface area contributed by atoms with Crippen molar-refractivity contribution in [3.8, 4) is 0 Å². The molecule has 1 amide bonds. The Balaban J connectivity index is 2.31. The van der Waals surface area contributed by atoms with Crippen LogP contribution in [0.4, 0.5) is 20.3 Å².